The Bertz CT molecular complexity index is 797. The standard InChI is InChI=1S/C17H20N2O3S/c1-3-13-9-11-14(12-10-13)23(21,22)19-18-16(4-2)15-7-5-6-8-17(15)20/h5-12,19-20H,3-4H2,1-2H3/b18-16+. The predicted octanol–water partition coefficient (Wildman–Crippen LogP) is 3.05. The van der Waals surface area contributed by atoms with Crippen LogP contribution in [0.1, 0.15) is 31.4 Å². The molecule has 0 aliphatic carbocycles. The zero-order valence-corrected chi connectivity index (χ0v) is 14.0. The van der Waals surface area contributed by atoms with E-state index < -0.39 is 10.0 Å². The van der Waals surface area contributed by atoms with Gasteiger partial charge in [-0.1, -0.05) is 38.1 Å². The fourth-order valence-electron chi connectivity index (χ4n) is 2.12. The molecule has 2 rings (SSSR count). The quantitative estimate of drug-likeness (QED) is 0.630. The minimum atomic E-state index is -3.73. The first-order chi connectivity index (χ1) is 11.0. The summed E-state index contributed by atoms with van der Waals surface area (Å²) in [6.07, 6.45) is 1.33. The zero-order valence-electron chi connectivity index (χ0n) is 13.2. The number of aromatic hydroxyl groups is 1. The summed E-state index contributed by atoms with van der Waals surface area (Å²) >= 11 is 0. The fourth-order valence-corrected chi connectivity index (χ4v) is 2.95. The second kappa shape index (κ2) is 7.28. The van der Waals surface area contributed by atoms with Gasteiger partial charge in [-0.3, -0.25) is 0 Å². The lowest BCUT2D eigenvalue weighted by molar-refractivity contribution is 0.474. The van der Waals surface area contributed by atoms with Gasteiger partial charge < -0.3 is 5.11 Å². The molecule has 0 saturated carbocycles. The minimum Gasteiger partial charge on any atom is -0.507 e. The Morgan fingerprint density at radius 3 is 2.30 bits per heavy atom. The lowest BCUT2D eigenvalue weighted by atomic mass is 10.1. The van der Waals surface area contributed by atoms with Gasteiger partial charge in [-0.15, -0.1) is 0 Å². The van der Waals surface area contributed by atoms with Gasteiger partial charge in [0.1, 0.15) is 5.75 Å². The van der Waals surface area contributed by atoms with Gasteiger partial charge in [0.05, 0.1) is 10.6 Å². The number of nitrogens with zero attached hydrogens (tertiary/aromatic N) is 1. The largest absolute Gasteiger partial charge is 0.507 e. The third-order valence-corrected chi connectivity index (χ3v) is 4.72. The summed E-state index contributed by atoms with van der Waals surface area (Å²) in [6, 6.07) is 13.4. The SMILES string of the molecule is CC/C(=N\NS(=O)(=O)c1ccc(CC)cc1)c1ccccc1O. The summed E-state index contributed by atoms with van der Waals surface area (Å²) in [5, 5.41) is 13.8. The lowest BCUT2D eigenvalue weighted by Crippen LogP contribution is -2.20. The molecule has 2 N–H and O–H groups in total. The Morgan fingerprint density at radius 1 is 1.09 bits per heavy atom. The molecule has 0 spiro atoms. The molecule has 2 aromatic rings. The van der Waals surface area contributed by atoms with Crippen LogP contribution >= 0.6 is 0 Å². The van der Waals surface area contributed by atoms with E-state index in [1.165, 1.54) is 0 Å². The predicted molar refractivity (Wildman–Crippen MR) is 91.1 cm³/mol. The van der Waals surface area contributed by atoms with Crippen LogP contribution in [0.4, 0.5) is 0 Å². The first-order valence-corrected chi connectivity index (χ1v) is 8.92. The molecule has 0 fully saturated rings. The summed E-state index contributed by atoms with van der Waals surface area (Å²) in [4.78, 5) is 2.40. The Balaban J connectivity index is 2.26. The molecule has 0 bridgehead atoms. The maximum Gasteiger partial charge on any atom is 0.276 e. The van der Waals surface area contributed by atoms with Crippen LogP contribution in [0.15, 0.2) is 58.5 Å². The Morgan fingerprint density at radius 2 is 1.74 bits per heavy atom. The highest BCUT2D eigenvalue weighted by molar-refractivity contribution is 7.89. The molecule has 0 aliphatic rings. The number of hydrazone groups is 1. The van der Waals surface area contributed by atoms with Gasteiger partial charge in [0.25, 0.3) is 10.0 Å². The molecule has 2 aromatic carbocycles. The Kier molecular flexibility index (Phi) is 5.39. The van der Waals surface area contributed by atoms with Crippen LogP contribution in [0.3, 0.4) is 0 Å². The Labute approximate surface area is 136 Å². The molecule has 0 aliphatic heterocycles. The minimum absolute atomic E-state index is 0.0691. The van der Waals surface area contributed by atoms with Crippen LogP contribution in [-0.2, 0) is 16.4 Å². The van der Waals surface area contributed by atoms with Crippen molar-refractivity contribution in [1.82, 2.24) is 4.83 Å². The van der Waals surface area contributed by atoms with E-state index in [-0.39, 0.29) is 10.6 Å². The van der Waals surface area contributed by atoms with E-state index in [4.69, 9.17) is 0 Å². The van der Waals surface area contributed by atoms with Crippen LogP contribution in [-0.4, -0.2) is 19.2 Å². The summed E-state index contributed by atoms with van der Waals surface area (Å²) in [5.41, 5.74) is 2.05. The molecule has 0 radical (unpaired) electrons. The van der Waals surface area contributed by atoms with E-state index >= 15 is 0 Å². The molecule has 122 valence electrons. The molecular weight excluding hydrogens is 312 g/mol. The smallest absolute Gasteiger partial charge is 0.276 e. The van der Waals surface area contributed by atoms with Gasteiger partial charge in [0.15, 0.2) is 0 Å². The number of benzene rings is 2. The lowest BCUT2D eigenvalue weighted by Gasteiger charge is -2.08. The normalized spacial score (nSPS) is 12.2. The van der Waals surface area contributed by atoms with Crippen molar-refractivity contribution in [2.24, 2.45) is 5.10 Å². The molecule has 0 atom stereocenters. The highest BCUT2D eigenvalue weighted by atomic mass is 32.2. The number of aryl methyl sites for hydroxylation is 1. The van der Waals surface area contributed by atoms with Gasteiger partial charge in [-0.2, -0.15) is 18.4 Å². The molecule has 0 aromatic heterocycles. The first kappa shape index (κ1) is 17.0. The van der Waals surface area contributed by atoms with Crippen LogP contribution in [0.2, 0.25) is 0 Å². The van der Waals surface area contributed by atoms with E-state index in [9.17, 15) is 13.5 Å². The molecule has 6 heteroatoms. The number of nitrogens with one attached hydrogen (secondary N) is 1. The number of rotatable bonds is 6. The highest BCUT2D eigenvalue weighted by Gasteiger charge is 2.14. The number of para-hydroxylation sites is 1. The van der Waals surface area contributed by atoms with Crippen LogP contribution in [0, 0.1) is 0 Å². The van der Waals surface area contributed by atoms with Crippen molar-refractivity contribution in [3.8, 4) is 5.75 Å². The summed E-state index contributed by atoms with van der Waals surface area (Å²) in [5.74, 6) is 0.0691. The Hall–Kier alpha value is -2.34. The van der Waals surface area contributed by atoms with Crippen molar-refractivity contribution in [3.05, 3.63) is 59.7 Å². The van der Waals surface area contributed by atoms with Gasteiger partial charge in [0.2, 0.25) is 0 Å². The van der Waals surface area contributed by atoms with Gasteiger partial charge in [-0.25, -0.2) is 0 Å². The molecule has 0 heterocycles. The van der Waals surface area contributed by atoms with Crippen molar-refractivity contribution in [2.75, 3.05) is 0 Å². The fraction of sp³-hybridized carbons (Fsp3) is 0.235. The van der Waals surface area contributed by atoms with E-state index in [0.717, 1.165) is 12.0 Å². The monoisotopic (exact) mass is 332 g/mol. The summed E-state index contributed by atoms with van der Waals surface area (Å²) < 4.78 is 24.6. The summed E-state index contributed by atoms with van der Waals surface area (Å²) in [7, 11) is -3.73. The third kappa shape index (κ3) is 4.10. The number of phenolic OH excluding ortho intramolecular Hbond substituents is 1. The van der Waals surface area contributed by atoms with Gasteiger partial charge in [-0.05, 0) is 42.7 Å². The second-order valence-corrected chi connectivity index (χ2v) is 6.68. The maximum atomic E-state index is 12.3. The number of hydrogen-bond acceptors (Lipinski definition) is 4. The highest BCUT2D eigenvalue weighted by Crippen LogP contribution is 2.18. The zero-order chi connectivity index (χ0) is 16.9. The first-order valence-electron chi connectivity index (χ1n) is 7.43. The molecule has 5 nitrogen and oxygen atoms in total. The van der Waals surface area contributed by atoms with Crippen molar-refractivity contribution < 1.29 is 13.5 Å². The maximum absolute atomic E-state index is 12.3. The van der Waals surface area contributed by atoms with Crippen molar-refractivity contribution >= 4 is 15.7 Å². The van der Waals surface area contributed by atoms with Crippen LogP contribution in [0.25, 0.3) is 0 Å². The molecular formula is C17H20N2O3S. The van der Waals surface area contributed by atoms with E-state index in [2.05, 4.69) is 9.93 Å². The second-order valence-electron chi connectivity index (χ2n) is 5.02. The number of phenols is 1. The molecule has 0 amide bonds. The van der Waals surface area contributed by atoms with Crippen LogP contribution < -0.4 is 4.83 Å². The third-order valence-electron chi connectivity index (χ3n) is 3.49. The topological polar surface area (TPSA) is 78.8 Å². The van der Waals surface area contributed by atoms with Gasteiger partial charge >= 0.3 is 0 Å². The number of sulfonamides is 1. The van der Waals surface area contributed by atoms with E-state index in [1.54, 1.807) is 48.5 Å². The molecule has 23 heavy (non-hydrogen) atoms. The average molecular weight is 332 g/mol. The van der Waals surface area contributed by atoms with E-state index in [1.807, 2.05) is 13.8 Å². The van der Waals surface area contributed by atoms with E-state index in [0.29, 0.717) is 17.7 Å². The van der Waals surface area contributed by atoms with Crippen molar-refractivity contribution in [1.29, 1.82) is 0 Å². The van der Waals surface area contributed by atoms with Crippen molar-refractivity contribution in [3.63, 3.8) is 0 Å². The average Bonchev–Trinajstić information content (AvgIpc) is 2.57. The number of hydrogen-bond donors (Lipinski definition) is 2. The summed E-state index contributed by atoms with van der Waals surface area (Å²) in [6.45, 7) is 3.85. The van der Waals surface area contributed by atoms with Crippen molar-refractivity contribution in [2.45, 2.75) is 31.6 Å². The molecule has 0 unspecified atom stereocenters. The van der Waals surface area contributed by atoms with Crippen LogP contribution in [0.5, 0.6) is 5.75 Å². The van der Waals surface area contributed by atoms with Gasteiger partial charge in [0, 0.05) is 5.56 Å². The molecule has 0 saturated heterocycles.